The number of rotatable bonds is 7. The third kappa shape index (κ3) is 5.06. The first-order valence-corrected chi connectivity index (χ1v) is 7.77. The second kappa shape index (κ2) is 8.28. The molecule has 0 fully saturated rings. The molecule has 0 atom stereocenters. The van der Waals surface area contributed by atoms with Crippen molar-refractivity contribution in [2.75, 3.05) is 25.7 Å². The Bertz CT molecular complexity index is 643. The van der Waals surface area contributed by atoms with Gasteiger partial charge in [-0.3, -0.25) is 0 Å². The number of benzene rings is 2. The summed E-state index contributed by atoms with van der Waals surface area (Å²) in [7, 11) is 3.38. The highest BCUT2D eigenvalue weighted by Gasteiger charge is 2.08. The highest BCUT2D eigenvalue weighted by atomic mass is 16.5. The van der Waals surface area contributed by atoms with Crippen molar-refractivity contribution in [3.05, 3.63) is 65.7 Å². The summed E-state index contributed by atoms with van der Waals surface area (Å²) in [5, 5.41) is 0. The number of allylic oxidation sites excluding steroid dienone is 1. The van der Waals surface area contributed by atoms with Gasteiger partial charge in [0.1, 0.15) is 11.5 Å². The molecule has 0 aliphatic carbocycles. The monoisotopic (exact) mass is 311 g/mol. The van der Waals surface area contributed by atoms with E-state index in [-0.39, 0.29) is 0 Å². The lowest BCUT2D eigenvalue weighted by Crippen LogP contribution is -2.22. The van der Waals surface area contributed by atoms with Crippen LogP contribution in [0.25, 0.3) is 0 Å². The van der Waals surface area contributed by atoms with Gasteiger partial charge in [-0.15, -0.1) is 0 Å². The SMILES string of the molecule is COc1ccc(CN(CC=C(C)C)c2cccc(OC)c2)cc1. The largest absolute Gasteiger partial charge is 0.497 e. The Balaban J connectivity index is 2.23. The lowest BCUT2D eigenvalue weighted by molar-refractivity contribution is 0.414. The topological polar surface area (TPSA) is 21.7 Å². The average molecular weight is 311 g/mol. The summed E-state index contributed by atoms with van der Waals surface area (Å²) >= 11 is 0. The molecule has 0 unspecified atom stereocenters. The highest BCUT2D eigenvalue weighted by Crippen LogP contribution is 2.23. The summed E-state index contributed by atoms with van der Waals surface area (Å²) in [5.74, 6) is 1.76. The van der Waals surface area contributed by atoms with Crippen molar-refractivity contribution < 1.29 is 9.47 Å². The van der Waals surface area contributed by atoms with Gasteiger partial charge in [0.25, 0.3) is 0 Å². The summed E-state index contributed by atoms with van der Waals surface area (Å²) in [6, 6.07) is 16.4. The Labute approximate surface area is 139 Å². The van der Waals surface area contributed by atoms with Crippen LogP contribution in [0.4, 0.5) is 5.69 Å². The maximum Gasteiger partial charge on any atom is 0.120 e. The van der Waals surface area contributed by atoms with Crippen LogP contribution in [0.1, 0.15) is 19.4 Å². The molecule has 0 saturated carbocycles. The van der Waals surface area contributed by atoms with E-state index in [2.05, 4.69) is 49.1 Å². The molecule has 0 heterocycles. The first-order chi connectivity index (χ1) is 11.1. The Morgan fingerprint density at radius 2 is 1.65 bits per heavy atom. The Hall–Kier alpha value is -2.42. The minimum atomic E-state index is 0.834. The van der Waals surface area contributed by atoms with Crippen LogP contribution in [-0.2, 0) is 6.54 Å². The van der Waals surface area contributed by atoms with Crippen LogP contribution in [-0.4, -0.2) is 20.8 Å². The fourth-order valence-electron chi connectivity index (χ4n) is 2.31. The van der Waals surface area contributed by atoms with Crippen LogP contribution >= 0.6 is 0 Å². The molecule has 3 nitrogen and oxygen atoms in total. The molecule has 122 valence electrons. The van der Waals surface area contributed by atoms with E-state index in [0.29, 0.717) is 0 Å². The smallest absolute Gasteiger partial charge is 0.120 e. The first-order valence-electron chi connectivity index (χ1n) is 7.77. The molecular formula is C20H25NO2. The van der Waals surface area contributed by atoms with Crippen molar-refractivity contribution in [2.24, 2.45) is 0 Å². The van der Waals surface area contributed by atoms with E-state index >= 15 is 0 Å². The Morgan fingerprint density at radius 1 is 0.957 bits per heavy atom. The third-order valence-electron chi connectivity index (χ3n) is 3.67. The minimum Gasteiger partial charge on any atom is -0.497 e. The standard InChI is InChI=1S/C20H25NO2/c1-16(2)12-13-21(18-6-5-7-20(14-18)23-4)15-17-8-10-19(22-3)11-9-17/h5-12,14H,13,15H2,1-4H3. The van der Waals surface area contributed by atoms with Gasteiger partial charge in [-0.05, 0) is 43.7 Å². The number of methoxy groups -OCH3 is 2. The van der Waals surface area contributed by atoms with Crippen molar-refractivity contribution in [3.8, 4) is 11.5 Å². The van der Waals surface area contributed by atoms with Gasteiger partial charge in [0, 0.05) is 24.8 Å². The summed E-state index contributed by atoms with van der Waals surface area (Å²) in [4.78, 5) is 2.33. The van der Waals surface area contributed by atoms with Crippen LogP contribution in [0.2, 0.25) is 0 Å². The zero-order valence-corrected chi connectivity index (χ0v) is 14.4. The normalized spacial score (nSPS) is 10.1. The lowest BCUT2D eigenvalue weighted by Gasteiger charge is -2.24. The lowest BCUT2D eigenvalue weighted by atomic mass is 10.1. The fraction of sp³-hybridized carbons (Fsp3) is 0.300. The van der Waals surface area contributed by atoms with Crippen molar-refractivity contribution in [1.29, 1.82) is 0 Å². The van der Waals surface area contributed by atoms with Crippen molar-refractivity contribution >= 4 is 5.69 Å². The number of nitrogens with zero attached hydrogens (tertiary/aromatic N) is 1. The third-order valence-corrected chi connectivity index (χ3v) is 3.67. The molecule has 0 amide bonds. The Kier molecular flexibility index (Phi) is 6.10. The molecule has 0 radical (unpaired) electrons. The van der Waals surface area contributed by atoms with Gasteiger partial charge in [0.05, 0.1) is 14.2 Å². The second-order valence-corrected chi connectivity index (χ2v) is 5.71. The van der Waals surface area contributed by atoms with E-state index in [0.717, 1.165) is 30.3 Å². The Morgan fingerprint density at radius 3 is 2.26 bits per heavy atom. The van der Waals surface area contributed by atoms with E-state index < -0.39 is 0 Å². The van der Waals surface area contributed by atoms with Gasteiger partial charge in [-0.1, -0.05) is 29.8 Å². The summed E-state index contributed by atoms with van der Waals surface area (Å²) in [6.45, 7) is 5.94. The van der Waals surface area contributed by atoms with E-state index in [1.165, 1.54) is 11.1 Å². The molecular weight excluding hydrogens is 286 g/mol. The van der Waals surface area contributed by atoms with E-state index in [1.807, 2.05) is 24.3 Å². The average Bonchev–Trinajstić information content (AvgIpc) is 2.59. The molecule has 3 heteroatoms. The van der Waals surface area contributed by atoms with Crippen molar-refractivity contribution in [1.82, 2.24) is 0 Å². The van der Waals surface area contributed by atoms with E-state index in [1.54, 1.807) is 14.2 Å². The summed E-state index contributed by atoms with van der Waals surface area (Å²) < 4.78 is 10.6. The molecule has 0 aromatic heterocycles. The maximum absolute atomic E-state index is 5.35. The van der Waals surface area contributed by atoms with Crippen molar-refractivity contribution in [3.63, 3.8) is 0 Å². The molecule has 0 N–H and O–H groups in total. The van der Waals surface area contributed by atoms with Gasteiger partial charge in [0.2, 0.25) is 0 Å². The zero-order valence-electron chi connectivity index (χ0n) is 14.4. The molecule has 2 rings (SSSR count). The quantitative estimate of drug-likeness (QED) is 0.693. The molecule has 0 aliphatic heterocycles. The molecule has 0 saturated heterocycles. The van der Waals surface area contributed by atoms with Gasteiger partial charge in [-0.25, -0.2) is 0 Å². The highest BCUT2D eigenvalue weighted by molar-refractivity contribution is 5.52. The number of ether oxygens (including phenoxy) is 2. The molecule has 0 aliphatic rings. The predicted octanol–water partition coefficient (Wildman–Crippen LogP) is 4.68. The van der Waals surface area contributed by atoms with E-state index in [4.69, 9.17) is 9.47 Å². The van der Waals surface area contributed by atoms with Crippen molar-refractivity contribution in [2.45, 2.75) is 20.4 Å². The van der Waals surface area contributed by atoms with Crippen LogP contribution in [0, 0.1) is 0 Å². The summed E-state index contributed by atoms with van der Waals surface area (Å²) in [5.41, 5.74) is 3.71. The zero-order chi connectivity index (χ0) is 16.7. The molecule has 2 aromatic rings. The number of hydrogen-bond donors (Lipinski definition) is 0. The van der Waals surface area contributed by atoms with Crippen LogP contribution < -0.4 is 14.4 Å². The van der Waals surface area contributed by atoms with Crippen LogP contribution in [0.15, 0.2) is 60.2 Å². The molecule has 23 heavy (non-hydrogen) atoms. The van der Waals surface area contributed by atoms with Gasteiger partial charge < -0.3 is 14.4 Å². The fourth-order valence-corrected chi connectivity index (χ4v) is 2.31. The maximum atomic E-state index is 5.35. The van der Waals surface area contributed by atoms with Crippen LogP contribution in [0.5, 0.6) is 11.5 Å². The second-order valence-electron chi connectivity index (χ2n) is 5.71. The number of anilines is 1. The number of hydrogen-bond acceptors (Lipinski definition) is 3. The predicted molar refractivity (Wildman–Crippen MR) is 96.5 cm³/mol. The minimum absolute atomic E-state index is 0.834. The molecule has 0 bridgehead atoms. The van der Waals surface area contributed by atoms with Gasteiger partial charge >= 0.3 is 0 Å². The first kappa shape index (κ1) is 16.9. The van der Waals surface area contributed by atoms with Gasteiger partial charge in [-0.2, -0.15) is 0 Å². The van der Waals surface area contributed by atoms with E-state index in [9.17, 15) is 0 Å². The van der Waals surface area contributed by atoms with Crippen LogP contribution in [0.3, 0.4) is 0 Å². The molecule has 2 aromatic carbocycles. The van der Waals surface area contributed by atoms with Gasteiger partial charge in [0.15, 0.2) is 0 Å². The molecule has 0 spiro atoms. The summed E-state index contributed by atoms with van der Waals surface area (Å²) in [6.07, 6.45) is 2.24.